The molecule has 0 aromatic rings. The molecule has 1 rings (SSSR count). The van der Waals surface area contributed by atoms with Gasteiger partial charge >= 0.3 is 6.18 Å². The molecule has 0 spiro atoms. The fourth-order valence-corrected chi connectivity index (χ4v) is 2.80. The number of aliphatic hydroxyl groups excluding tert-OH is 1. The second kappa shape index (κ2) is 7.47. The van der Waals surface area contributed by atoms with Crippen molar-refractivity contribution in [2.75, 3.05) is 13.2 Å². The molecular weight excluding hydrogens is 283 g/mol. The van der Waals surface area contributed by atoms with E-state index in [-0.39, 0.29) is 36.7 Å². The van der Waals surface area contributed by atoms with E-state index in [1.807, 2.05) is 13.8 Å². The van der Waals surface area contributed by atoms with E-state index in [1.54, 1.807) is 0 Å². The highest BCUT2D eigenvalue weighted by molar-refractivity contribution is 5.78. The van der Waals surface area contributed by atoms with Crippen LogP contribution in [0.1, 0.15) is 52.4 Å². The maximum atomic E-state index is 12.6. The molecule has 124 valence electrons. The van der Waals surface area contributed by atoms with E-state index >= 15 is 0 Å². The average Bonchev–Trinajstić information content (AvgIpc) is 2.42. The van der Waals surface area contributed by atoms with Crippen LogP contribution in [-0.2, 0) is 4.79 Å². The predicted molar refractivity (Wildman–Crippen MR) is 74.6 cm³/mol. The van der Waals surface area contributed by atoms with Gasteiger partial charge in [0.15, 0.2) is 0 Å². The lowest BCUT2D eigenvalue weighted by Gasteiger charge is -2.30. The molecule has 6 heteroatoms. The molecule has 0 aromatic carbocycles. The standard InChI is InChI=1S/C15H26F3NO2/c1-14(2,8-3-9-20)10-19-13(21)11-4-6-12(7-5-11)15(16,17)18/h11-12,20H,3-10H2,1-2H3,(H,19,21). The second-order valence-electron chi connectivity index (χ2n) is 6.80. The van der Waals surface area contributed by atoms with Crippen LogP contribution in [-0.4, -0.2) is 30.3 Å². The summed E-state index contributed by atoms with van der Waals surface area (Å²) in [7, 11) is 0. The van der Waals surface area contributed by atoms with Crippen LogP contribution in [0.2, 0.25) is 0 Å². The molecule has 0 heterocycles. The van der Waals surface area contributed by atoms with Crippen molar-refractivity contribution in [3.63, 3.8) is 0 Å². The van der Waals surface area contributed by atoms with E-state index in [1.165, 1.54) is 0 Å². The van der Waals surface area contributed by atoms with E-state index in [9.17, 15) is 18.0 Å². The van der Waals surface area contributed by atoms with Gasteiger partial charge in [0, 0.05) is 19.1 Å². The van der Waals surface area contributed by atoms with Crippen molar-refractivity contribution in [3.8, 4) is 0 Å². The lowest BCUT2D eigenvalue weighted by Crippen LogP contribution is -2.40. The fourth-order valence-electron chi connectivity index (χ4n) is 2.80. The summed E-state index contributed by atoms with van der Waals surface area (Å²) < 4.78 is 37.7. The molecular formula is C15H26F3NO2. The molecule has 0 aromatic heterocycles. The first-order valence-corrected chi connectivity index (χ1v) is 7.61. The van der Waals surface area contributed by atoms with E-state index in [0.717, 1.165) is 6.42 Å². The number of carbonyl (C=O) groups excluding carboxylic acids is 1. The molecule has 0 bridgehead atoms. The largest absolute Gasteiger partial charge is 0.396 e. The Morgan fingerprint density at radius 2 is 1.76 bits per heavy atom. The summed E-state index contributed by atoms with van der Waals surface area (Å²) in [5, 5.41) is 11.7. The number of amides is 1. The maximum Gasteiger partial charge on any atom is 0.391 e. The molecule has 1 amide bonds. The zero-order valence-corrected chi connectivity index (χ0v) is 12.8. The fraction of sp³-hybridized carbons (Fsp3) is 0.933. The van der Waals surface area contributed by atoms with Gasteiger partial charge in [0.2, 0.25) is 5.91 Å². The summed E-state index contributed by atoms with van der Waals surface area (Å²) >= 11 is 0. The van der Waals surface area contributed by atoms with Gasteiger partial charge in [-0.05, 0) is 43.9 Å². The zero-order chi connectivity index (χ0) is 16.1. The second-order valence-corrected chi connectivity index (χ2v) is 6.80. The number of nitrogens with one attached hydrogen (secondary N) is 1. The van der Waals surface area contributed by atoms with Crippen LogP contribution in [0.3, 0.4) is 0 Å². The smallest absolute Gasteiger partial charge is 0.391 e. The first kappa shape index (κ1) is 18.3. The highest BCUT2D eigenvalue weighted by atomic mass is 19.4. The van der Waals surface area contributed by atoms with Crippen LogP contribution >= 0.6 is 0 Å². The summed E-state index contributed by atoms with van der Waals surface area (Å²) in [5.74, 6) is -1.67. The van der Waals surface area contributed by atoms with Crippen molar-refractivity contribution in [2.45, 2.75) is 58.5 Å². The van der Waals surface area contributed by atoms with Crippen molar-refractivity contribution in [1.82, 2.24) is 5.32 Å². The minimum absolute atomic E-state index is 0.0511. The SMILES string of the molecule is CC(C)(CCCO)CNC(=O)C1CCC(C(F)(F)F)CC1. The number of carbonyl (C=O) groups is 1. The Balaban J connectivity index is 2.34. The van der Waals surface area contributed by atoms with E-state index < -0.39 is 12.1 Å². The van der Waals surface area contributed by atoms with Gasteiger partial charge in [0.1, 0.15) is 0 Å². The molecule has 1 fully saturated rings. The summed E-state index contributed by atoms with van der Waals surface area (Å²) in [6.45, 7) is 4.62. The minimum atomic E-state index is -4.13. The molecule has 0 aliphatic heterocycles. The Hall–Kier alpha value is -0.780. The number of hydrogen-bond acceptors (Lipinski definition) is 2. The van der Waals surface area contributed by atoms with Crippen molar-refractivity contribution in [3.05, 3.63) is 0 Å². The number of hydrogen-bond donors (Lipinski definition) is 2. The molecule has 0 unspecified atom stereocenters. The van der Waals surface area contributed by atoms with Gasteiger partial charge in [-0.15, -0.1) is 0 Å². The quantitative estimate of drug-likeness (QED) is 0.791. The van der Waals surface area contributed by atoms with Crippen LogP contribution in [0.15, 0.2) is 0 Å². The van der Waals surface area contributed by atoms with Gasteiger partial charge < -0.3 is 10.4 Å². The van der Waals surface area contributed by atoms with E-state index in [0.29, 0.717) is 25.8 Å². The van der Waals surface area contributed by atoms with Gasteiger partial charge in [-0.3, -0.25) is 4.79 Å². The molecule has 2 N–H and O–H groups in total. The molecule has 0 radical (unpaired) electrons. The third-order valence-corrected chi connectivity index (χ3v) is 4.31. The highest BCUT2D eigenvalue weighted by Gasteiger charge is 2.42. The normalized spacial score (nSPS) is 23.9. The van der Waals surface area contributed by atoms with E-state index in [2.05, 4.69) is 5.32 Å². The first-order valence-electron chi connectivity index (χ1n) is 7.61. The van der Waals surface area contributed by atoms with Gasteiger partial charge in [-0.1, -0.05) is 13.8 Å². The van der Waals surface area contributed by atoms with Crippen molar-refractivity contribution < 1.29 is 23.1 Å². The topological polar surface area (TPSA) is 49.3 Å². The Morgan fingerprint density at radius 3 is 2.24 bits per heavy atom. The number of halogens is 3. The summed E-state index contributed by atoms with van der Waals surface area (Å²) in [4.78, 5) is 12.0. The van der Waals surface area contributed by atoms with Gasteiger partial charge in [-0.25, -0.2) is 0 Å². The molecule has 0 saturated heterocycles. The minimum Gasteiger partial charge on any atom is -0.396 e. The third kappa shape index (κ3) is 6.24. The van der Waals surface area contributed by atoms with Gasteiger partial charge in [0.25, 0.3) is 0 Å². The molecule has 1 aliphatic rings. The molecule has 21 heavy (non-hydrogen) atoms. The van der Waals surface area contributed by atoms with Crippen molar-refractivity contribution in [2.24, 2.45) is 17.3 Å². The summed E-state index contributed by atoms with van der Waals surface area (Å²) in [5.41, 5.74) is -0.110. The number of aliphatic hydroxyl groups is 1. The molecule has 1 saturated carbocycles. The summed E-state index contributed by atoms with van der Waals surface area (Å²) in [6.07, 6.45) is -1.93. The summed E-state index contributed by atoms with van der Waals surface area (Å²) in [6, 6.07) is 0. The number of alkyl halides is 3. The van der Waals surface area contributed by atoms with Crippen molar-refractivity contribution in [1.29, 1.82) is 0 Å². The van der Waals surface area contributed by atoms with Gasteiger partial charge in [-0.2, -0.15) is 13.2 Å². The van der Waals surface area contributed by atoms with E-state index in [4.69, 9.17) is 5.11 Å². The lowest BCUT2D eigenvalue weighted by atomic mass is 9.81. The zero-order valence-electron chi connectivity index (χ0n) is 12.8. The highest BCUT2D eigenvalue weighted by Crippen LogP contribution is 2.39. The van der Waals surface area contributed by atoms with Crippen molar-refractivity contribution >= 4 is 5.91 Å². The maximum absolute atomic E-state index is 12.6. The average molecular weight is 309 g/mol. The predicted octanol–water partition coefficient (Wildman–Crippen LogP) is 3.27. The molecule has 1 aliphatic carbocycles. The van der Waals surface area contributed by atoms with Crippen LogP contribution in [0.5, 0.6) is 0 Å². The Labute approximate surface area is 124 Å². The Kier molecular flexibility index (Phi) is 6.50. The Morgan fingerprint density at radius 1 is 1.19 bits per heavy atom. The van der Waals surface area contributed by atoms with Gasteiger partial charge in [0.05, 0.1) is 5.92 Å². The Bertz CT molecular complexity index is 334. The van der Waals surface area contributed by atoms with Crippen LogP contribution in [0, 0.1) is 17.3 Å². The molecule has 3 nitrogen and oxygen atoms in total. The third-order valence-electron chi connectivity index (χ3n) is 4.31. The monoisotopic (exact) mass is 309 g/mol. The van der Waals surface area contributed by atoms with Crippen LogP contribution in [0.4, 0.5) is 13.2 Å². The lowest BCUT2D eigenvalue weighted by molar-refractivity contribution is -0.184. The first-order chi connectivity index (χ1) is 9.65. The van der Waals surface area contributed by atoms with Crippen LogP contribution < -0.4 is 5.32 Å². The van der Waals surface area contributed by atoms with Crippen LogP contribution in [0.25, 0.3) is 0 Å². The molecule has 0 atom stereocenters. The number of rotatable bonds is 6.